The van der Waals surface area contributed by atoms with E-state index in [0.29, 0.717) is 17.3 Å². The molecule has 0 spiro atoms. The standard InChI is InChI=1S/C45H76O3/c1-7-8-9-10-11-13-16-22-37(46)23-17-14-12-15-18-24-43(47)48-38-29-31-44(5)36(33-38)25-26-39-41-28-27-40(35(4)21-19-20-34(2)3)45(41,6)32-30-42(39)44/h11,13,16,22,25,34-35,37-42,46H,7-10,12,14-15,17-21,23-24,26-33H2,1-6H3/b13-11+,22-16+/t35-,37+,38+,39+,40-,41+,42+,44+,45-/m1/s1. The fourth-order valence-electron chi connectivity index (χ4n) is 11.1. The first-order valence-corrected chi connectivity index (χ1v) is 21.0. The molecule has 0 bridgehead atoms. The van der Waals surface area contributed by atoms with Gasteiger partial charge in [0.05, 0.1) is 6.10 Å². The molecule has 274 valence electrons. The normalized spacial score (nSPS) is 33.0. The third-order valence-corrected chi connectivity index (χ3v) is 14.0. The number of fused-ring (bicyclic) bond motifs is 5. The molecule has 0 aromatic rings. The number of carbonyl (C=O) groups is 1. The summed E-state index contributed by atoms with van der Waals surface area (Å²) in [4.78, 5) is 12.8. The largest absolute Gasteiger partial charge is 0.462 e. The number of hydrogen-bond donors (Lipinski definition) is 1. The second-order valence-electron chi connectivity index (χ2n) is 17.8. The third-order valence-electron chi connectivity index (χ3n) is 14.0. The Hall–Kier alpha value is -1.35. The van der Waals surface area contributed by atoms with E-state index < -0.39 is 0 Å². The Morgan fingerprint density at radius 1 is 0.896 bits per heavy atom. The number of rotatable bonds is 20. The summed E-state index contributed by atoms with van der Waals surface area (Å²) in [6.07, 6.45) is 36.4. The first-order chi connectivity index (χ1) is 23.1. The number of aliphatic hydroxyl groups excluding tert-OH is 1. The van der Waals surface area contributed by atoms with Crippen LogP contribution in [0.25, 0.3) is 0 Å². The van der Waals surface area contributed by atoms with Crippen LogP contribution < -0.4 is 0 Å². The van der Waals surface area contributed by atoms with Crippen LogP contribution in [0.4, 0.5) is 0 Å². The minimum atomic E-state index is -0.353. The molecule has 3 heteroatoms. The van der Waals surface area contributed by atoms with Gasteiger partial charge in [0.25, 0.3) is 0 Å². The van der Waals surface area contributed by atoms with Gasteiger partial charge in [-0.25, -0.2) is 0 Å². The molecule has 9 atom stereocenters. The Kier molecular flexibility index (Phi) is 15.9. The van der Waals surface area contributed by atoms with Crippen molar-refractivity contribution in [1.29, 1.82) is 0 Å². The van der Waals surface area contributed by atoms with Crippen LogP contribution >= 0.6 is 0 Å². The average Bonchev–Trinajstić information content (AvgIpc) is 3.41. The van der Waals surface area contributed by atoms with Crippen LogP contribution in [-0.4, -0.2) is 23.3 Å². The van der Waals surface area contributed by atoms with Gasteiger partial charge in [-0.3, -0.25) is 4.79 Å². The van der Waals surface area contributed by atoms with Crippen molar-refractivity contribution >= 4 is 5.97 Å². The molecular formula is C45H76O3. The zero-order valence-electron chi connectivity index (χ0n) is 32.3. The molecule has 1 N–H and O–H groups in total. The lowest BCUT2D eigenvalue weighted by molar-refractivity contribution is -0.151. The summed E-state index contributed by atoms with van der Waals surface area (Å²) in [6.45, 7) is 14.8. The molecule has 4 aliphatic carbocycles. The summed E-state index contributed by atoms with van der Waals surface area (Å²) in [5, 5.41) is 10.2. The van der Waals surface area contributed by atoms with Crippen molar-refractivity contribution in [1.82, 2.24) is 0 Å². The summed E-state index contributed by atoms with van der Waals surface area (Å²) in [7, 11) is 0. The van der Waals surface area contributed by atoms with E-state index in [0.717, 1.165) is 93.3 Å². The summed E-state index contributed by atoms with van der Waals surface area (Å²) in [5.74, 6) is 5.18. The fraction of sp³-hybridized carbons (Fsp3) is 0.844. The Labute approximate surface area is 297 Å². The van der Waals surface area contributed by atoms with Gasteiger partial charge in [0.2, 0.25) is 0 Å². The molecule has 0 heterocycles. The van der Waals surface area contributed by atoms with Gasteiger partial charge < -0.3 is 9.84 Å². The van der Waals surface area contributed by atoms with Crippen molar-refractivity contribution in [2.24, 2.45) is 46.3 Å². The molecule has 0 unspecified atom stereocenters. The second kappa shape index (κ2) is 19.3. The van der Waals surface area contributed by atoms with Gasteiger partial charge in [0.15, 0.2) is 0 Å². The SMILES string of the molecule is CCCCC/C=C/C=C/[C@H](O)CCCCCCCC(=O)O[C@H]1CC[C@@]2(C)C(=CC[C@H]3[C@@H]4CC[C@H]([C@H](C)CCCC(C)C)[C@@]4(C)CC[C@@H]32)C1. The van der Waals surface area contributed by atoms with E-state index in [9.17, 15) is 9.90 Å². The van der Waals surface area contributed by atoms with Crippen molar-refractivity contribution in [3.63, 3.8) is 0 Å². The minimum Gasteiger partial charge on any atom is -0.462 e. The van der Waals surface area contributed by atoms with Gasteiger partial charge in [0, 0.05) is 12.8 Å². The van der Waals surface area contributed by atoms with Crippen molar-refractivity contribution in [3.05, 3.63) is 36.0 Å². The quantitative estimate of drug-likeness (QED) is 0.0610. The summed E-state index contributed by atoms with van der Waals surface area (Å²) in [6, 6.07) is 0. The number of aliphatic hydroxyl groups is 1. The lowest BCUT2D eigenvalue weighted by atomic mass is 9.47. The molecule has 3 saturated carbocycles. The van der Waals surface area contributed by atoms with Crippen LogP contribution in [0.3, 0.4) is 0 Å². The molecule has 48 heavy (non-hydrogen) atoms. The van der Waals surface area contributed by atoms with E-state index in [-0.39, 0.29) is 18.2 Å². The van der Waals surface area contributed by atoms with Crippen LogP contribution in [0.5, 0.6) is 0 Å². The second-order valence-corrected chi connectivity index (χ2v) is 17.8. The molecule has 3 nitrogen and oxygen atoms in total. The molecular weight excluding hydrogens is 588 g/mol. The Morgan fingerprint density at radius 3 is 2.48 bits per heavy atom. The molecule has 0 aromatic heterocycles. The van der Waals surface area contributed by atoms with E-state index in [1.807, 2.05) is 12.2 Å². The van der Waals surface area contributed by atoms with Crippen LogP contribution in [0.15, 0.2) is 36.0 Å². The molecule has 4 rings (SSSR count). The van der Waals surface area contributed by atoms with Gasteiger partial charge in [-0.05, 0) is 117 Å². The number of ether oxygens (including phenoxy) is 1. The van der Waals surface area contributed by atoms with Gasteiger partial charge in [-0.1, -0.05) is 135 Å². The first kappa shape index (κ1) is 39.4. The maximum Gasteiger partial charge on any atom is 0.306 e. The molecule has 0 saturated heterocycles. The maximum atomic E-state index is 12.8. The Bertz CT molecular complexity index is 1050. The van der Waals surface area contributed by atoms with Gasteiger partial charge in [-0.2, -0.15) is 0 Å². The van der Waals surface area contributed by atoms with Crippen LogP contribution in [0.1, 0.15) is 183 Å². The molecule has 3 fully saturated rings. The van der Waals surface area contributed by atoms with Crippen LogP contribution in [0.2, 0.25) is 0 Å². The zero-order valence-corrected chi connectivity index (χ0v) is 32.3. The topological polar surface area (TPSA) is 46.5 Å². The van der Waals surface area contributed by atoms with Crippen molar-refractivity contribution in [2.75, 3.05) is 0 Å². The van der Waals surface area contributed by atoms with E-state index in [4.69, 9.17) is 4.74 Å². The number of hydrogen-bond acceptors (Lipinski definition) is 3. The number of allylic oxidation sites excluding steroid dienone is 4. The predicted molar refractivity (Wildman–Crippen MR) is 204 cm³/mol. The van der Waals surface area contributed by atoms with E-state index in [1.165, 1.54) is 77.0 Å². The predicted octanol–water partition coefficient (Wildman–Crippen LogP) is 12.7. The number of carbonyl (C=O) groups excluding carboxylic acids is 1. The lowest BCUT2D eigenvalue weighted by Gasteiger charge is -2.58. The Balaban J connectivity index is 1.13. The van der Waals surface area contributed by atoms with E-state index in [1.54, 1.807) is 5.57 Å². The van der Waals surface area contributed by atoms with Gasteiger partial charge in [0.1, 0.15) is 6.10 Å². The fourth-order valence-corrected chi connectivity index (χ4v) is 11.1. The number of esters is 1. The average molecular weight is 665 g/mol. The summed E-state index contributed by atoms with van der Waals surface area (Å²) in [5.41, 5.74) is 2.46. The third kappa shape index (κ3) is 10.6. The van der Waals surface area contributed by atoms with Crippen LogP contribution in [-0.2, 0) is 9.53 Å². The highest BCUT2D eigenvalue weighted by atomic mass is 16.5. The van der Waals surface area contributed by atoms with Crippen LogP contribution in [0, 0.1) is 46.3 Å². The molecule has 0 radical (unpaired) electrons. The summed E-state index contributed by atoms with van der Waals surface area (Å²) < 4.78 is 6.10. The van der Waals surface area contributed by atoms with Crippen molar-refractivity contribution in [3.8, 4) is 0 Å². The van der Waals surface area contributed by atoms with Crippen molar-refractivity contribution < 1.29 is 14.6 Å². The zero-order chi connectivity index (χ0) is 34.6. The lowest BCUT2D eigenvalue weighted by Crippen LogP contribution is -2.51. The monoisotopic (exact) mass is 665 g/mol. The minimum absolute atomic E-state index is 0.00846. The molecule has 4 aliphatic rings. The van der Waals surface area contributed by atoms with E-state index >= 15 is 0 Å². The Morgan fingerprint density at radius 2 is 1.69 bits per heavy atom. The smallest absolute Gasteiger partial charge is 0.306 e. The highest BCUT2D eigenvalue weighted by Gasteiger charge is 2.59. The molecule has 0 aliphatic heterocycles. The number of unbranched alkanes of at least 4 members (excludes halogenated alkanes) is 7. The first-order valence-electron chi connectivity index (χ1n) is 21.0. The van der Waals surface area contributed by atoms with Crippen molar-refractivity contribution in [2.45, 2.75) is 195 Å². The summed E-state index contributed by atoms with van der Waals surface area (Å²) >= 11 is 0. The molecule has 0 amide bonds. The highest BCUT2D eigenvalue weighted by Crippen LogP contribution is 2.67. The van der Waals surface area contributed by atoms with Gasteiger partial charge in [-0.15, -0.1) is 0 Å². The van der Waals surface area contributed by atoms with Gasteiger partial charge >= 0.3 is 5.97 Å². The maximum absolute atomic E-state index is 12.8. The molecule has 0 aromatic carbocycles. The highest BCUT2D eigenvalue weighted by molar-refractivity contribution is 5.69. The van der Waals surface area contributed by atoms with E-state index in [2.05, 4.69) is 59.8 Å².